The number of benzene rings is 1. The summed E-state index contributed by atoms with van der Waals surface area (Å²) in [5.74, 6) is 0.812. The molecule has 2 rings (SSSR count). The van der Waals surface area contributed by atoms with E-state index in [1.165, 1.54) is 10.7 Å². The minimum atomic E-state index is -0.0806. The van der Waals surface area contributed by atoms with Crippen molar-refractivity contribution in [3.05, 3.63) is 58.0 Å². The molecular formula is C15H19N3O2. The molecule has 0 atom stereocenters. The molecule has 1 heterocycles. The largest absolute Gasteiger partial charge is 0.494 e. The number of nitrogens with two attached hydrogens (primary N) is 1. The van der Waals surface area contributed by atoms with Gasteiger partial charge in [-0.2, -0.15) is 5.10 Å². The number of aromatic nitrogens is 2. The van der Waals surface area contributed by atoms with Crippen molar-refractivity contribution in [2.24, 2.45) is 5.73 Å². The number of hydrogen-bond acceptors (Lipinski definition) is 4. The zero-order valence-electron chi connectivity index (χ0n) is 11.6. The monoisotopic (exact) mass is 273 g/mol. The lowest BCUT2D eigenvalue weighted by Gasteiger charge is -2.08. The number of aryl methyl sites for hydroxylation is 2. The molecule has 0 spiro atoms. The number of rotatable bonds is 6. The van der Waals surface area contributed by atoms with E-state index in [0.29, 0.717) is 19.7 Å². The van der Waals surface area contributed by atoms with Crippen molar-refractivity contribution in [2.75, 3.05) is 6.61 Å². The van der Waals surface area contributed by atoms with Crippen molar-refractivity contribution in [3.8, 4) is 5.75 Å². The Morgan fingerprint density at radius 3 is 2.65 bits per heavy atom. The maximum atomic E-state index is 11.6. The highest BCUT2D eigenvalue weighted by Crippen LogP contribution is 2.11. The Bertz CT molecular complexity index is 605. The van der Waals surface area contributed by atoms with Crippen LogP contribution in [-0.2, 0) is 13.1 Å². The van der Waals surface area contributed by atoms with E-state index in [9.17, 15) is 4.79 Å². The molecule has 0 unspecified atom stereocenters. The first-order valence-electron chi connectivity index (χ1n) is 6.65. The lowest BCUT2D eigenvalue weighted by molar-refractivity contribution is 0.296. The van der Waals surface area contributed by atoms with Crippen molar-refractivity contribution < 1.29 is 4.74 Å². The molecule has 0 aliphatic carbocycles. The van der Waals surface area contributed by atoms with Gasteiger partial charge >= 0.3 is 0 Å². The Kier molecular flexibility index (Phi) is 4.90. The van der Waals surface area contributed by atoms with Gasteiger partial charge in [0, 0.05) is 25.6 Å². The molecule has 1 aromatic carbocycles. The van der Waals surface area contributed by atoms with Gasteiger partial charge < -0.3 is 10.5 Å². The Hall–Kier alpha value is -2.14. The molecule has 5 nitrogen and oxygen atoms in total. The first-order chi connectivity index (χ1) is 9.69. The van der Waals surface area contributed by atoms with Crippen LogP contribution in [0.25, 0.3) is 0 Å². The maximum absolute atomic E-state index is 11.6. The lowest BCUT2D eigenvalue weighted by Crippen LogP contribution is -2.23. The summed E-state index contributed by atoms with van der Waals surface area (Å²) in [6.45, 7) is 3.50. The summed E-state index contributed by atoms with van der Waals surface area (Å²) >= 11 is 0. The number of hydrogen-bond donors (Lipinski definition) is 1. The third kappa shape index (κ3) is 3.93. The fourth-order valence-electron chi connectivity index (χ4n) is 1.84. The molecule has 1 aromatic heterocycles. The topological polar surface area (TPSA) is 70.1 Å². The van der Waals surface area contributed by atoms with Gasteiger partial charge in [-0.3, -0.25) is 4.79 Å². The van der Waals surface area contributed by atoms with Gasteiger partial charge in [-0.15, -0.1) is 0 Å². The Balaban J connectivity index is 1.81. The fourth-order valence-corrected chi connectivity index (χ4v) is 1.84. The molecule has 0 saturated carbocycles. The smallest absolute Gasteiger partial charge is 0.266 e. The molecule has 106 valence electrons. The first kappa shape index (κ1) is 14.3. The summed E-state index contributed by atoms with van der Waals surface area (Å²) in [7, 11) is 0. The van der Waals surface area contributed by atoms with Crippen molar-refractivity contribution in [3.63, 3.8) is 0 Å². The van der Waals surface area contributed by atoms with E-state index in [-0.39, 0.29) is 5.56 Å². The Morgan fingerprint density at radius 2 is 1.95 bits per heavy atom. The minimum absolute atomic E-state index is 0.0806. The van der Waals surface area contributed by atoms with Crippen molar-refractivity contribution in [2.45, 2.75) is 26.4 Å². The fraction of sp³-hybridized carbons (Fsp3) is 0.333. The normalized spacial score (nSPS) is 10.5. The van der Waals surface area contributed by atoms with E-state index in [2.05, 4.69) is 5.10 Å². The highest BCUT2D eigenvalue weighted by molar-refractivity contribution is 5.26. The number of nitrogens with zero attached hydrogens (tertiary/aromatic N) is 2. The predicted octanol–water partition coefficient (Wildman–Crippen LogP) is 1.48. The van der Waals surface area contributed by atoms with E-state index in [4.69, 9.17) is 10.5 Å². The van der Waals surface area contributed by atoms with E-state index in [1.807, 2.05) is 31.2 Å². The molecule has 2 aromatic rings. The molecule has 0 bridgehead atoms. The summed E-state index contributed by atoms with van der Waals surface area (Å²) < 4.78 is 7.08. The third-order valence-corrected chi connectivity index (χ3v) is 2.94. The van der Waals surface area contributed by atoms with Crippen molar-refractivity contribution >= 4 is 0 Å². The van der Waals surface area contributed by atoms with Gasteiger partial charge in [-0.05, 0) is 30.7 Å². The standard InChI is InChI=1S/C15H19N3O2/c1-12-3-8-15(19)18(17-12)9-2-10-20-14-6-4-13(11-16)5-7-14/h3-8H,2,9-11,16H2,1H3. The third-order valence-electron chi connectivity index (χ3n) is 2.94. The summed E-state index contributed by atoms with van der Waals surface area (Å²) in [6, 6.07) is 10.9. The van der Waals surface area contributed by atoms with E-state index < -0.39 is 0 Å². The predicted molar refractivity (Wildman–Crippen MR) is 77.7 cm³/mol. The average molecular weight is 273 g/mol. The van der Waals surface area contributed by atoms with Gasteiger partial charge in [-0.1, -0.05) is 12.1 Å². The van der Waals surface area contributed by atoms with Crippen LogP contribution in [0, 0.1) is 6.92 Å². The SMILES string of the molecule is Cc1ccc(=O)n(CCCOc2ccc(CN)cc2)n1. The first-order valence-corrected chi connectivity index (χ1v) is 6.65. The van der Waals surface area contributed by atoms with Crippen LogP contribution in [-0.4, -0.2) is 16.4 Å². The second-order valence-electron chi connectivity index (χ2n) is 4.59. The van der Waals surface area contributed by atoms with Crippen molar-refractivity contribution in [1.29, 1.82) is 0 Å². The zero-order chi connectivity index (χ0) is 14.4. The van der Waals surface area contributed by atoms with Gasteiger partial charge in [0.1, 0.15) is 5.75 Å². The van der Waals surface area contributed by atoms with Crippen LogP contribution in [0.1, 0.15) is 17.7 Å². The molecule has 20 heavy (non-hydrogen) atoms. The summed E-state index contributed by atoms with van der Waals surface area (Å²) in [6.07, 6.45) is 0.731. The van der Waals surface area contributed by atoms with Gasteiger partial charge in [0.25, 0.3) is 5.56 Å². The van der Waals surface area contributed by atoms with Gasteiger partial charge in [0.2, 0.25) is 0 Å². The summed E-state index contributed by atoms with van der Waals surface area (Å²) in [4.78, 5) is 11.6. The average Bonchev–Trinajstić information content (AvgIpc) is 2.47. The molecule has 0 radical (unpaired) electrons. The second kappa shape index (κ2) is 6.86. The highest BCUT2D eigenvalue weighted by Gasteiger charge is 1.99. The summed E-state index contributed by atoms with van der Waals surface area (Å²) in [5, 5.41) is 4.17. The van der Waals surface area contributed by atoms with Gasteiger partial charge in [0.05, 0.1) is 12.3 Å². The van der Waals surface area contributed by atoms with E-state index >= 15 is 0 Å². The van der Waals surface area contributed by atoms with Crippen LogP contribution < -0.4 is 16.0 Å². The highest BCUT2D eigenvalue weighted by atomic mass is 16.5. The van der Waals surface area contributed by atoms with Crippen LogP contribution in [0.15, 0.2) is 41.2 Å². The minimum Gasteiger partial charge on any atom is -0.494 e. The van der Waals surface area contributed by atoms with E-state index in [0.717, 1.165) is 23.4 Å². The molecule has 0 aliphatic rings. The van der Waals surface area contributed by atoms with Crippen molar-refractivity contribution in [1.82, 2.24) is 9.78 Å². The zero-order valence-corrected chi connectivity index (χ0v) is 11.6. The summed E-state index contributed by atoms with van der Waals surface area (Å²) in [5.41, 5.74) is 7.36. The molecule has 0 amide bonds. The molecular weight excluding hydrogens is 254 g/mol. The quantitative estimate of drug-likeness (QED) is 0.809. The van der Waals surface area contributed by atoms with Crippen LogP contribution in [0.3, 0.4) is 0 Å². The maximum Gasteiger partial charge on any atom is 0.266 e. The lowest BCUT2D eigenvalue weighted by atomic mass is 10.2. The molecule has 0 aliphatic heterocycles. The van der Waals surface area contributed by atoms with Gasteiger partial charge in [-0.25, -0.2) is 4.68 Å². The molecule has 5 heteroatoms. The van der Waals surface area contributed by atoms with Crippen LogP contribution in [0.4, 0.5) is 0 Å². The van der Waals surface area contributed by atoms with Gasteiger partial charge in [0.15, 0.2) is 0 Å². The Morgan fingerprint density at radius 1 is 1.20 bits per heavy atom. The number of ether oxygens (including phenoxy) is 1. The van der Waals surface area contributed by atoms with Crippen LogP contribution >= 0.6 is 0 Å². The van der Waals surface area contributed by atoms with Crippen LogP contribution in [0.2, 0.25) is 0 Å². The van der Waals surface area contributed by atoms with Crippen LogP contribution in [0.5, 0.6) is 5.75 Å². The molecule has 0 fully saturated rings. The second-order valence-corrected chi connectivity index (χ2v) is 4.59. The van der Waals surface area contributed by atoms with E-state index in [1.54, 1.807) is 6.07 Å². The molecule has 2 N–H and O–H groups in total. The Labute approximate surface area is 118 Å². The molecule has 0 saturated heterocycles.